The highest BCUT2D eigenvalue weighted by molar-refractivity contribution is 7.88. The summed E-state index contributed by atoms with van der Waals surface area (Å²) in [4.78, 5) is 31.2. The minimum absolute atomic E-state index is 0.350. The molecule has 0 N–H and O–H groups in total. The fraction of sp³-hybridized carbons (Fsp3) is 0.750. The Morgan fingerprint density at radius 1 is 0.800 bits per heavy atom. The van der Waals surface area contributed by atoms with Crippen LogP contribution in [0.15, 0.2) is 0 Å². The highest BCUT2D eigenvalue weighted by Gasteiger charge is 2.20. The van der Waals surface area contributed by atoms with Gasteiger partial charge in [0.05, 0.1) is 25.4 Å². The summed E-state index contributed by atoms with van der Waals surface area (Å²) in [6.45, 7) is 0. The average molecular weight is 332 g/mol. The van der Waals surface area contributed by atoms with Crippen LogP contribution in [0.4, 0.5) is 0 Å². The molecule has 0 rings (SSSR count). The van der Waals surface area contributed by atoms with Crippen LogP contribution in [0.3, 0.4) is 0 Å². The molecule has 0 saturated heterocycles. The zero-order valence-electron chi connectivity index (χ0n) is 11.4. The maximum atomic E-state index is 11.2. The zero-order chi connectivity index (χ0) is 16.1. The van der Waals surface area contributed by atoms with Crippen LogP contribution in [0.5, 0.6) is 0 Å². The first-order chi connectivity index (χ1) is 8.84. The molecule has 118 valence electrons. The maximum Gasteiger partial charge on any atom is 0.327 e. The molecule has 0 aliphatic carbocycles. The van der Waals surface area contributed by atoms with E-state index in [4.69, 9.17) is 0 Å². The Labute approximate surface area is 117 Å². The molecule has 0 aromatic carbocycles. The molecular formula is C8H16N2O8S2. The van der Waals surface area contributed by atoms with Gasteiger partial charge in [-0.15, -0.1) is 0 Å². The van der Waals surface area contributed by atoms with E-state index in [2.05, 4.69) is 9.68 Å². The Kier molecular flexibility index (Phi) is 6.53. The summed E-state index contributed by atoms with van der Waals surface area (Å²) in [6, 6.07) is 0. The predicted octanol–water partition coefficient (Wildman–Crippen LogP) is -1.53. The van der Waals surface area contributed by atoms with E-state index in [1.807, 2.05) is 0 Å². The molecule has 20 heavy (non-hydrogen) atoms. The zero-order valence-corrected chi connectivity index (χ0v) is 13.0. The first-order valence-corrected chi connectivity index (χ1v) is 8.83. The van der Waals surface area contributed by atoms with Crippen LogP contribution in [0.25, 0.3) is 0 Å². The van der Waals surface area contributed by atoms with Gasteiger partial charge in [-0.3, -0.25) is 9.59 Å². The third-order valence-electron chi connectivity index (χ3n) is 1.93. The first-order valence-electron chi connectivity index (χ1n) is 5.13. The summed E-state index contributed by atoms with van der Waals surface area (Å²) in [6.07, 6.45) is 0.734. The fourth-order valence-corrected chi connectivity index (χ4v) is 1.15. The van der Waals surface area contributed by atoms with Gasteiger partial charge in [0.1, 0.15) is 0 Å². The monoisotopic (exact) mass is 332 g/mol. The molecule has 0 heterocycles. The van der Waals surface area contributed by atoms with Gasteiger partial charge < -0.3 is 9.68 Å². The Morgan fingerprint density at radius 3 is 1.25 bits per heavy atom. The van der Waals surface area contributed by atoms with Crippen molar-refractivity contribution < 1.29 is 36.1 Å². The number of carbonyl (C=O) groups excluding carboxylic acids is 2. The van der Waals surface area contributed by atoms with Crippen molar-refractivity contribution in [2.75, 3.05) is 26.6 Å². The lowest BCUT2D eigenvalue weighted by Crippen LogP contribution is -2.30. The van der Waals surface area contributed by atoms with E-state index in [1.54, 1.807) is 0 Å². The van der Waals surface area contributed by atoms with Gasteiger partial charge in [-0.2, -0.15) is 0 Å². The van der Waals surface area contributed by atoms with Crippen molar-refractivity contribution in [2.45, 2.75) is 12.8 Å². The standard InChI is InChI=1S/C8H16N2O8S2/c1-9(19(3,13)14)17-7(11)5-6-8(12)18-10(2)20(4,15)16/h5-6H2,1-4H3. The van der Waals surface area contributed by atoms with Crippen LogP contribution in [0.2, 0.25) is 0 Å². The predicted molar refractivity (Wildman–Crippen MR) is 66.6 cm³/mol. The van der Waals surface area contributed by atoms with Gasteiger partial charge in [0.25, 0.3) is 0 Å². The second kappa shape index (κ2) is 6.97. The number of hydrogen-bond donors (Lipinski definition) is 0. The molecule has 0 atom stereocenters. The number of carbonyl (C=O) groups is 2. The Morgan fingerprint density at radius 2 is 1.05 bits per heavy atom. The lowest BCUT2D eigenvalue weighted by Gasteiger charge is -2.14. The normalized spacial score (nSPS) is 12.5. The Bertz CT molecular complexity index is 515. The molecule has 0 aliphatic rings. The molecule has 10 nitrogen and oxygen atoms in total. The molecule has 0 radical (unpaired) electrons. The first kappa shape index (κ1) is 18.8. The van der Waals surface area contributed by atoms with E-state index in [9.17, 15) is 26.4 Å². The average Bonchev–Trinajstić information content (AvgIpc) is 2.23. The van der Waals surface area contributed by atoms with Gasteiger partial charge in [-0.25, -0.2) is 16.8 Å². The van der Waals surface area contributed by atoms with Crippen LogP contribution < -0.4 is 0 Å². The van der Waals surface area contributed by atoms with Gasteiger partial charge in [-0.05, 0) is 8.94 Å². The quantitative estimate of drug-likeness (QED) is 0.513. The number of rotatable bonds is 7. The van der Waals surface area contributed by atoms with Gasteiger partial charge in [0.15, 0.2) is 0 Å². The van der Waals surface area contributed by atoms with Crippen LogP contribution >= 0.6 is 0 Å². The van der Waals surface area contributed by atoms with E-state index in [1.165, 1.54) is 0 Å². The van der Waals surface area contributed by atoms with Crippen LogP contribution in [-0.4, -0.2) is 64.3 Å². The third kappa shape index (κ3) is 7.37. The largest absolute Gasteiger partial charge is 0.353 e. The highest BCUT2D eigenvalue weighted by Crippen LogP contribution is 2.03. The van der Waals surface area contributed by atoms with Crippen molar-refractivity contribution >= 4 is 32.0 Å². The fourth-order valence-electron chi connectivity index (χ4n) is 0.718. The van der Waals surface area contributed by atoms with Crippen molar-refractivity contribution in [3.8, 4) is 0 Å². The van der Waals surface area contributed by atoms with Crippen molar-refractivity contribution in [1.82, 2.24) is 8.94 Å². The van der Waals surface area contributed by atoms with E-state index in [-0.39, 0.29) is 0 Å². The Balaban J connectivity index is 4.24. The molecule has 0 aromatic rings. The summed E-state index contributed by atoms with van der Waals surface area (Å²) in [5.41, 5.74) is 0. The lowest BCUT2D eigenvalue weighted by atomic mass is 10.3. The maximum absolute atomic E-state index is 11.2. The minimum atomic E-state index is -3.69. The molecule has 0 saturated carbocycles. The van der Waals surface area contributed by atoms with E-state index in [0.29, 0.717) is 8.94 Å². The molecule has 0 aliphatic heterocycles. The summed E-state index contributed by atoms with van der Waals surface area (Å²) in [5, 5.41) is 0. The molecule has 12 heteroatoms. The SMILES string of the molecule is CN(OC(=O)CCC(=O)ON(C)S(C)(=O)=O)S(C)(=O)=O. The summed E-state index contributed by atoms with van der Waals surface area (Å²) in [5.74, 6) is -1.95. The molecule has 0 unspecified atom stereocenters. The molecule has 0 fully saturated rings. The number of hydrogen-bond acceptors (Lipinski definition) is 8. The third-order valence-corrected chi connectivity index (χ3v) is 3.95. The van der Waals surface area contributed by atoms with Gasteiger partial charge in [0, 0.05) is 14.1 Å². The van der Waals surface area contributed by atoms with Crippen molar-refractivity contribution in [2.24, 2.45) is 0 Å². The van der Waals surface area contributed by atoms with E-state index >= 15 is 0 Å². The Hall–Kier alpha value is -1.24. The molecule has 0 bridgehead atoms. The molecular weight excluding hydrogens is 316 g/mol. The summed E-state index contributed by atoms with van der Waals surface area (Å²) < 4.78 is 44.5. The van der Waals surface area contributed by atoms with E-state index in [0.717, 1.165) is 26.6 Å². The van der Waals surface area contributed by atoms with Crippen LogP contribution in [-0.2, 0) is 39.3 Å². The van der Waals surface area contributed by atoms with Crippen LogP contribution in [0.1, 0.15) is 12.8 Å². The summed E-state index contributed by atoms with van der Waals surface area (Å²) in [7, 11) is -5.34. The minimum Gasteiger partial charge on any atom is -0.353 e. The topological polar surface area (TPSA) is 127 Å². The lowest BCUT2D eigenvalue weighted by molar-refractivity contribution is -0.173. The van der Waals surface area contributed by atoms with Crippen molar-refractivity contribution in [3.63, 3.8) is 0 Å². The van der Waals surface area contributed by atoms with Crippen molar-refractivity contribution in [3.05, 3.63) is 0 Å². The molecule has 0 amide bonds. The molecule has 0 aromatic heterocycles. The van der Waals surface area contributed by atoms with Gasteiger partial charge in [-0.1, -0.05) is 0 Å². The summed E-state index contributed by atoms with van der Waals surface area (Å²) >= 11 is 0. The number of hydroxylamine groups is 2. The van der Waals surface area contributed by atoms with Crippen molar-refractivity contribution in [1.29, 1.82) is 0 Å². The smallest absolute Gasteiger partial charge is 0.327 e. The van der Waals surface area contributed by atoms with Gasteiger partial charge >= 0.3 is 11.9 Å². The second-order valence-electron chi connectivity index (χ2n) is 3.77. The number of nitrogens with zero attached hydrogens (tertiary/aromatic N) is 2. The van der Waals surface area contributed by atoms with Crippen LogP contribution in [0, 0.1) is 0 Å². The van der Waals surface area contributed by atoms with E-state index < -0.39 is 44.8 Å². The van der Waals surface area contributed by atoms with Gasteiger partial charge in [0.2, 0.25) is 20.0 Å². The second-order valence-corrected chi connectivity index (χ2v) is 7.73. The molecule has 0 spiro atoms. The number of sulfonamides is 2. The highest BCUT2D eigenvalue weighted by atomic mass is 32.2.